The van der Waals surface area contributed by atoms with Gasteiger partial charge in [0.2, 0.25) is 0 Å². The normalized spacial score (nSPS) is 12.8. The average Bonchev–Trinajstić information content (AvgIpc) is 2.49. The zero-order valence-electron chi connectivity index (χ0n) is 11.3. The van der Waals surface area contributed by atoms with Gasteiger partial charge in [0.15, 0.2) is 0 Å². The minimum absolute atomic E-state index is 0.384. The van der Waals surface area contributed by atoms with Crippen LogP contribution in [0.5, 0.6) is 5.75 Å². The summed E-state index contributed by atoms with van der Waals surface area (Å²) in [6, 6.07) is 9.29. The molecule has 0 saturated carbocycles. The molecule has 0 saturated heterocycles. The molecular weight excluding hydrogens is 260 g/mol. The molecule has 1 aliphatic heterocycles. The number of aryl methyl sites for hydroxylation is 1. The molecule has 4 heteroatoms. The molecule has 0 unspecified atom stereocenters. The van der Waals surface area contributed by atoms with Crippen LogP contribution in [0.4, 0.5) is 8.78 Å². The van der Waals surface area contributed by atoms with Crippen molar-refractivity contribution >= 4 is 0 Å². The smallest absolute Gasteiger partial charge is 0.134 e. The van der Waals surface area contributed by atoms with E-state index in [9.17, 15) is 8.78 Å². The van der Waals surface area contributed by atoms with E-state index in [1.54, 1.807) is 6.07 Å². The monoisotopic (exact) mass is 277 g/mol. The number of hydrogen-bond acceptors (Lipinski definition) is 2. The molecule has 2 nitrogen and oxygen atoms in total. The lowest BCUT2D eigenvalue weighted by Crippen LogP contribution is -2.09. The van der Waals surface area contributed by atoms with Crippen molar-refractivity contribution in [1.82, 2.24) is 0 Å². The summed E-state index contributed by atoms with van der Waals surface area (Å²) in [7, 11) is 1.50. The number of nitrogens with two attached hydrogens (primary N) is 1. The molecule has 0 aliphatic carbocycles. The van der Waals surface area contributed by atoms with Gasteiger partial charge in [-0.3, -0.25) is 0 Å². The second-order valence-corrected chi connectivity index (χ2v) is 4.37. The van der Waals surface area contributed by atoms with Crippen LogP contribution >= 0.6 is 0 Å². The Morgan fingerprint density at radius 2 is 1.85 bits per heavy atom. The molecule has 2 N–H and O–H groups in total. The van der Waals surface area contributed by atoms with Gasteiger partial charge in [-0.15, -0.1) is 0 Å². The second-order valence-electron chi connectivity index (χ2n) is 4.37. The fourth-order valence-electron chi connectivity index (χ4n) is 2.31. The van der Waals surface area contributed by atoms with Crippen LogP contribution in [0.2, 0.25) is 0 Å². The Kier molecular flexibility index (Phi) is 4.69. The van der Waals surface area contributed by atoms with Crippen molar-refractivity contribution in [3.8, 4) is 16.9 Å². The average molecular weight is 277 g/mol. The van der Waals surface area contributed by atoms with Crippen molar-refractivity contribution in [1.29, 1.82) is 0 Å². The minimum Gasteiger partial charge on any atom is -0.493 e. The van der Waals surface area contributed by atoms with E-state index in [1.807, 2.05) is 12.1 Å². The molecule has 0 spiro atoms. The Hall–Kier alpha value is -1.94. The number of benzene rings is 2. The molecule has 2 aromatic carbocycles. The minimum atomic E-state index is -0.568. The molecular formula is C16H17F2NO. The standard InChI is InChI=1S/C15H12F2O.CH5N/c16-11-6-7-12(14(17)9-11)13-5-1-3-10-4-2-8-18-15(10)13;1-2/h1,3,5-7,9H,2,4,8H2;2H2,1H3. The summed E-state index contributed by atoms with van der Waals surface area (Å²) in [5, 5.41) is 0. The summed E-state index contributed by atoms with van der Waals surface area (Å²) in [4.78, 5) is 0. The molecule has 0 radical (unpaired) electrons. The SMILES string of the molecule is CN.Fc1ccc(-c2cccc3c2OCCC3)c(F)c1. The lowest BCUT2D eigenvalue weighted by Gasteiger charge is -2.20. The highest BCUT2D eigenvalue weighted by atomic mass is 19.1. The van der Waals surface area contributed by atoms with Crippen LogP contribution in [0.3, 0.4) is 0 Å². The highest BCUT2D eigenvalue weighted by molar-refractivity contribution is 5.73. The maximum absolute atomic E-state index is 13.8. The van der Waals surface area contributed by atoms with Crippen LogP contribution < -0.4 is 10.5 Å². The van der Waals surface area contributed by atoms with E-state index >= 15 is 0 Å². The van der Waals surface area contributed by atoms with E-state index in [2.05, 4.69) is 5.73 Å². The molecule has 106 valence electrons. The van der Waals surface area contributed by atoms with E-state index < -0.39 is 11.6 Å². The van der Waals surface area contributed by atoms with Gasteiger partial charge >= 0.3 is 0 Å². The van der Waals surface area contributed by atoms with Crippen LogP contribution in [0.15, 0.2) is 36.4 Å². The second kappa shape index (κ2) is 6.48. The molecule has 2 aromatic rings. The van der Waals surface area contributed by atoms with Gasteiger partial charge in [0.1, 0.15) is 17.4 Å². The predicted octanol–water partition coefficient (Wildman–Crippen LogP) is 3.53. The molecule has 20 heavy (non-hydrogen) atoms. The number of rotatable bonds is 1. The fraction of sp³-hybridized carbons (Fsp3) is 0.250. The summed E-state index contributed by atoms with van der Waals surface area (Å²) >= 11 is 0. The third-order valence-corrected chi connectivity index (χ3v) is 3.15. The molecule has 1 aliphatic rings. The molecule has 0 aromatic heterocycles. The summed E-state index contributed by atoms with van der Waals surface area (Å²) in [6.45, 7) is 0.646. The molecule has 3 rings (SSSR count). The third-order valence-electron chi connectivity index (χ3n) is 3.15. The van der Waals surface area contributed by atoms with E-state index in [0.717, 1.165) is 30.2 Å². The van der Waals surface area contributed by atoms with Crippen molar-refractivity contribution in [3.63, 3.8) is 0 Å². The van der Waals surface area contributed by atoms with Crippen LogP contribution in [0.25, 0.3) is 11.1 Å². The lowest BCUT2D eigenvalue weighted by atomic mass is 9.97. The summed E-state index contributed by atoms with van der Waals surface area (Å²) < 4.78 is 32.4. The first-order chi connectivity index (χ1) is 9.75. The van der Waals surface area contributed by atoms with Gasteiger partial charge in [0.25, 0.3) is 0 Å². The molecule has 0 bridgehead atoms. The topological polar surface area (TPSA) is 35.2 Å². The summed E-state index contributed by atoms with van der Waals surface area (Å²) in [6.07, 6.45) is 1.91. The first kappa shape index (κ1) is 14.5. The van der Waals surface area contributed by atoms with E-state index in [-0.39, 0.29) is 0 Å². The van der Waals surface area contributed by atoms with E-state index in [4.69, 9.17) is 4.74 Å². The third kappa shape index (κ3) is 2.80. The number of halogens is 2. The maximum atomic E-state index is 13.8. The Morgan fingerprint density at radius 3 is 2.60 bits per heavy atom. The highest BCUT2D eigenvalue weighted by Crippen LogP contribution is 2.37. The first-order valence-corrected chi connectivity index (χ1v) is 6.53. The van der Waals surface area contributed by atoms with Gasteiger partial charge in [-0.05, 0) is 37.6 Å². The van der Waals surface area contributed by atoms with Crippen LogP contribution in [0.1, 0.15) is 12.0 Å². The molecule has 1 heterocycles. The summed E-state index contributed by atoms with van der Waals surface area (Å²) in [5.41, 5.74) is 6.67. The van der Waals surface area contributed by atoms with Gasteiger partial charge in [-0.2, -0.15) is 0 Å². The number of ether oxygens (including phenoxy) is 1. The van der Waals surface area contributed by atoms with Crippen LogP contribution in [-0.2, 0) is 6.42 Å². The Balaban J connectivity index is 0.000000704. The molecule has 0 amide bonds. The number of para-hydroxylation sites is 1. The highest BCUT2D eigenvalue weighted by Gasteiger charge is 2.17. The lowest BCUT2D eigenvalue weighted by molar-refractivity contribution is 0.289. The fourth-order valence-corrected chi connectivity index (χ4v) is 2.31. The van der Waals surface area contributed by atoms with Gasteiger partial charge in [0, 0.05) is 17.2 Å². The Labute approximate surface area is 117 Å². The Morgan fingerprint density at radius 1 is 1.05 bits per heavy atom. The maximum Gasteiger partial charge on any atom is 0.134 e. The van der Waals surface area contributed by atoms with Gasteiger partial charge < -0.3 is 10.5 Å². The summed E-state index contributed by atoms with van der Waals surface area (Å²) in [5.74, 6) is -0.395. The van der Waals surface area contributed by atoms with Crippen LogP contribution in [0, 0.1) is 11.6 Å². The number of fused-ring (bicyclic) bond motifs is 1. The van der Waals surface area contributed by atoms with Crippen molar-refractivity contribution in [2.45, 2.75) is 12.8 Å². The van der Waals surface area contributed by atoms with Gasteiger partial charge in [-0.1, -0.05) is 18.2 Å². The molecule has 0 fully saturated rings. The van der Waals surface area contributed by atoms with Gasteiger partial charge in [0.05, 0.1) is 6.61 Å². The quantitative estimate of drug-likeness (QED) is 0.865. The number of hydrogen-bond donors (Lipinski definition) is 1. The predicted molar refractivity (Wildman–Crippen MR) is 75.7 cm³/mol. The van der Waals surface area contributed by atoms with Crippen molar-refractivity contribution < 1.29 is 13.5 Å². The van der Waals surface area contributed by atoms with Gasteiger partial charge in [-0.25, -0.2) is 8.78 Å². The molecule has 0 atom stereocenters. The Bertz CT molecular complexity index is 599. The zero-order chi connectivity index (χ0) is 14.5. The van der Waals surface area contributed by atoms with E-state index in [0.29, 0.717) is 17.7 Å². The van der Waals surface area contributed by atoms with Crippen molar-refractivity contribution in [3.05, 3.63) is 53.6 Å². The zero-order valence-corrected chi connectivity index (χ0v) is 11.3. The first-order valence-electron chi connectivity index (χ1n) is 6.53. The largest absolute Gasteiger partial charge is 0.493 e. The van der Waals surface area contributed by atoms with E-state index in [1.165, 1.54) is 19.2 Å². The van der Waals surface area contributed by atoms with Crippen LogP contribution in [-0.4, -0.2) is 13.7 Å². The van der Waals surface area contributed by atoms with Crippen molar-refractivity contribution in [2.24, 2.45) is 5.73 Å². The van der Waals surface area contributed by atoms with Crippen molar-refractivity contribution in [2.75, 3.05) is 13.7 Å².